The summed E-state index contributed by atoms with van der Waals surface area (Å²) in [5, 5.41) is 19.7. The van der Waals surface area contributed by atoms with Gasteiger partial charge in [-0.3, -0.25) is 9.78 Å². The van der Waals surface area contributed by atoms with Crippen molar-refractivity contribution in [1.82, 2.24) is 15.2 Å². The maximum atomic E-state index is 12.1. The number of hydrogen-bond acceptors (Lipinski definition) is 5. The number of benzene rings is 2. The molecule has 6 nitrogen and oxygen atoms in total. The second kappa shape index (κ2) is 6.54. The molecule has 1 heterocycles. The van der Waals surface area contributed by atoms with E-state index in [1.165, 1.54) is 0 Å². The van der Waals surface area contributed by atoms with E-state index >= 15 is 0 Å². The number of nitrogens with one attached hydrogen (secondary N) is 2. The van der Waals surface area contributed by atoms with E-state index in [1.54, 1.807) is 24.3 Å². The minimum atomic E-state index is -0.278. The van der Waals surface area contributed by atoms with Crippen LogP contribution in [-0.2, 0) is 6.42 Å². The molecule has 0 bridgehead atoms. The van der Waals surface area contributed by atoms with Crippen LogP contribution < -0.4 is 10.9 Å². The number of hydrogen-bond donors (Lipinski definition) is 2. The molecule has 1 aromatic heterocycles. The fraction of sp³-hybridized carbons (Fsp3) is 0.0588. The molecule has 0 aliphatic rings. The molecular formula is C17H13N5O. The van der Waals surface area contributed by atoms with Crippen LogP contribution in [0.15, 0.2) is 59.4 Å². The minimum Gasteiger partial charge on any atom is -0.324 e. The highest BCUT2D eigenvalue weighted by Crippen LogP contribution is 2.12. The van der Waals surface area contributed by atoms with Crippen molar-refractivity contribution in [3.8, 4) is 6.07 Å². The van der Waals surface area contributed by atoms with Gasteiger partial charge in [-0.05, 0) is 29.8 Å². The van der Waals surface area contributed by atoms with Crippen LogP contribution in [-0.4, -0.2) is 15.2 Å². The van der Waals surface area contributed by atoms with E-state index in [0.29, 0.717) is 23.4 Å². The number of nitrogens with zero attached hydrogens (tertiary/aromatic N) is 3. The van der Waals surface area contributed by atoms with Gasteiger partial charge >= 0.3 is 0 Å². The molecule has 6 heteroatoms. The summed E-state index contributed by atoms with van der Waals surface area (Å²) >= 11 is 0. The number of anilines is 2. The highest BCUT2D eigenvalue weighted by atomic mass is 16.1. The summed E-state index contributed by atoms with van der Waals surface area (Å²) in [6.45, 7) is 0. The van der Waals surface area contributed by atoms with Gasteiger partial charge in [-0.2, -0.15) is 5.26 Å². The molecule has 3 rings (SSSR count). The summed E-state index contributed by atoms with van der Waals surface area (Å²) in [6.07, 6.45) is 0.431. The molecule has 0 saturated heterocycles. The van der Waals surface area contributed by atoms with Gasteiger partial charge in [0.05, 0.1) is 11.6 Å². The van der Waals surface area contributed by atoms with Crippen molar-refractivity contribution in [3.63, 3.8) is 0 Å². The molecule has 0 radical (unpaired) electrons. The van der Waals surface area contributed by atoms with E-state index < -0.39 is 0 Å². The molecule has 2 N–H and O–H groups in total. The maximum Gasteiger partial charge on any atom is 0.274 e. The van der Waals surface area contributed by atoms with E-state index in [4.69, 9.17) is 5.26 Å². The second-order valence-electron chi connectivity index (χ2n) is 4.93. The van der Waals surface area contributed by atoms with Crippen molar-refractivity contribution in [2.45, 2.75) is 6.42 Å². The normalized spacial score (nSPS) is 10.0. The first-order valence-corrected chi connectivity index (χ1v) is 7.01. The lowest BCUT2D eigenvalue weighted by Gasteiger charge is -2.05. The zero-order chi connectivity index (χ0) is 16.1. The number of rotatable bonds is 4. The van der Waals surface area contributed by atoms with Gasteiger partial charge in [0, 0.05) is 12.1 Å². The van der Waals surface area contributed by atoms with Crippen molar-refractivity contribution < 1.29 is 0 Å². The molecule has 0 amide bonds. The lowest BCUT2D eigenvalue weighted by atomic mass is 10.1. The monoisotopic (exact) mass is 303 g/mol. The van der Waals surface area contributed by atoms with Crippen LogP contribution in [0.25, 0.3) is 0 Å². The average Bonchev–Trinajstić information content (AvgIpc) is 2.59. The molecule has 2 aromatic carbocycles. The molecule has 0 aliphatic heterocycles. The van der Waals surface area contributed by atoms with Crippen LogP contribution in [0.1, 0.15) is 16.8 Å². The van der Waals surface area contributed by atoms with Gasteiger partial charge in [0.2, 0.25) is 5.95 Å². The summed E-state index contributed by atoms with van der Waals surface area (Å²) in [6, 6.07) is 18.5. The Hall–Kier alpha value is -3.46. The topological polar surface area (TPSA) is 94.5 Å². The van der Waals surface area contributed by atoms with Gasteiger partial charge in [-0.25, -0.2) is 0 Å². The molecule has 0 spiro atoms. The zero-order valence-corrected chi connectivity index (χ0v) is 12.2. The predicted octanol–water partition coefficient (Wildman–Crippen LogP) is 2.37. The molecule has 0 fully saturated rings. The number of aromatic amines is 1. The van der Waals surface area contributed by atoms with Crippen LogP contribution >= 0.6 is 0 Å². The van der Waals surface area contributed by atoms with Crippen molar-refractivity contribution in [2.24, 2.45) is 0 Å². The maximum absolute atomic E-state index is 12.1. The van der Waals surface area contributed by atoms with Crippen molar-refractivity contribution >= 4 is 11.6 Å². The van der Waals surface area contributed by atoms with E-state index in [-0.39, 0.29) is 11.5 Å². The van der Waals surface area contributed by atoms with Crippen molar-refractivity contribution in [3.05, 3.63) is 81.8 Å². The first-order valence-electron chi connectivity index (χ1n) is 7.01. The Labute approximate surface area is 132 Å². The van der Waals surface area contributed by atoms with Crippen LogP contribution in [0.4, 0.5) is 11.6 Å². The largest absolute Gasteiger partial charge is 0.324 e. The highest BCUT2D eigenvalue weighted by molar-refractivity contribution is 5.54. The summed E-state index contributed by atoms with van der Waals surface area (Å²) in [5.41, 5.74) is 2.36. The Morgan fingerprint density at radius 3 is 2.43 bits per heavy atom. The number of H-pyrrole nitrogens is 1. The lowest BCUT2D eigenvalue weighted by molar-refractivity contribution is 0.874. The molecule has 0 atom stereocenters. The average molecular weight is 303 g/mol. The Bertz CT molecular complexity index is 895. The van der Waals surface area contributed by atoms with Crippen molar-refractivity contribution in [2.75, 3.05) is 5.32 Å². The van der Waals surface area contributed by atoms with Crippen molar-refractivity contribution in [1.29, 1.82) is 5.26 Å². The molecule has 3 aromatic rings. The SMILES string of the molecule is N#Cc1ccc(Nc2nnc(Cc3ccccc3)c(=O)[nH]2)cc1. The van der Waals surface area contributed by atoms with E-state index in [0.717, 1.165) is 5.56 Å². The fourth-order valence-electron chi connectivity index (χ4n) is 2.09. The molecule has 23 heavy (non-hydrogen) atoms. The molecule has 0 aliphatic carbocycles. The Morgan fingerprint density at radius 2 is 1.78 bits per heavy atom. The standard InChI is InChI=1S/C17H13N5O/c18-11-13-6-8-14(9-7-13)19-17-20-16(23)15(21-22-17)10-12-4-2-1-3-5-12/h1-9H,10H2,(H2,19,20,22,23). The van der Waals surface area contributed by atoms with Gasteiger partial charge in [0.1, 0.15) is 5.69 Å². The zero-order valence-electron chi connectivity index (χ0n) is 12.2. The fourth-order valence-corrected chi connectivity index (χ4v) is 2.09. The van der Waals surface area contributed by atoms with Crippen LogP contribution in [0.5, 0.6) is 0 Å². The van der Waals surface area contributed by atoms with Gasteiger partial charge in [0.25, 0.3) is 5.56 Å². The Morgan fingerprint density at radius 1 is 1.04 bits per heavy atom. The smallest absolute Gasteiger partial charge is 0.274 e. The summed E-state index contributed by atoms with van der Waals surface area (Å²) in [5.74, 6) is 0.261. The summed E-state index contributed by atoms with van der Waals surface area (Å²) in [4.78, 5) is 14.8. The predicted molar refractivity (Wildman–Crippen MR) is 86.3 cm³/mol. The van der Waals surface area contributed by atoms with E-state index in [2.05, 4.69) is 20.5 Å². The second-order valence-corrected chi connectivity index (χ2v) is 4.93. The third-order valence-electron chi connectivity index (χ3n) is 3.26. The third kappa shape index (κ3) is 3.60. The number of aromatic nitrogens is 3. The van der Waals surface area contributed by atoms with Crippen LogP contribution in [0.3, 0.4) is 0 Å². The Kier molecular flexibility index (Phi) is 4.11. The van der Waals surface area contributed by atoms with Gasteiger partial charge in [-0.1, -0.05) is 30.3 Å². The lowest BCUT2D eigenvalue weighted by Crippen LogP contribution is -2.18. The van der Waals surface area contributed by atoms with Crippen LogP contribution in [0, 0.1) is 11.3 Å². The molecule has 0 saturated carbocycles. The minimum absolute atomic E-state index is 0.261. The first-order chi connectivity index (χ1) is 11.2. The number of nitriles is 1. The van der Waals surface area contributed by atoms with Gasteiger partial charge in [-0.15, -0.1) is 10.2 Å². The first kappa shape index (κ1) is 14.5. The molecule has 112 valence electrons. The highest BCUT2D eigenvalue weighted by Gasteiger charge is 2.06. The quantitative estimate of drug-likeness (QED) is 0.771. The van der Waals surface area contributed by atoms with E-state index in [1.807, 2.05) is 36.4 Å². The van der Waals surface area contributed by atoms with E-state index in [9.17, 15) is 4.79 Å². The van der Waals surface area contributed by atoms with Gasteiger partial charge in [0.15, 0.2) is 0 Å². The molecular weight excluding hydrogens is 290 g/mol. The third-order valence-corrected chi connectivity index (χ3v) is 3.26. The molecule has 0 unspecified atom stereocenters. The Balaban J connectivity index is 1.76. The van der Waals surface area contributed by atoms with Gasteiger partial charge < -0.3 is 5.32 Å². The van der Waals surface area contributed by atoms with Crippen LogP contribution in [0.2, 0.25) is 0 Å². The summed E-state index contributed by atoms with van der Waals surface area (Å²) < 4.78 is 0. The summed E-state index contributed by atoms with van der Waals surface area (Å²) in [7, 11) is 0.